The summed E-state index contributed by atoms with van der Waals surface area (Å²) >= 11 is 5.89. The number of hydrogen-bond acceptors (Lipinski definition) is 3. The zero-order valence-corrected chi connectivity index (χ0v) is 10.2. The Labute approximate surface area is 94.3 Å². The third-order valence-electron chi connectivity index (χ3n) is 2.69. The van der Waals surface area contributed by atoms with Crippen molar-refractivity contribution in [1.82, 2.24) is 9.97 Å². The number of nitrogens with zero attached hydrogens (tertiary/aromatic N) is 2. The average Bonchev–Trinajstić information content (AvgIpc) is 2.20. The smallest absolute Gasteiger partial charge is 0.271 e. The van der Waals surface area contributed by atoms with Gasteiger partial charge in [0.1, 0.15) is 5.02 Å². The van der Waals surface area contributed by atoms with Crippen molar-refractivity contribution in [2.24, 2.45) is 5.92 Å². The minimum absolute atomic E-state index is 0.146. The molecule has 0 fully saturated rings. The minimum Gasteiger partial charge on any atom is -0.355 e. The molecule has 0 aromatic carbocycles. The quantitative estimate of drug-likeness (QED) is 0.862. The van der Waals surface area contributed by atoms with E-state index in [1.807, 2.05) is 11.9 Å². The molecule has 0 aliphatic carbocycles. The van der Waals surface area contributed by atoms with Crippen molar-refractivity contribution in [1.29, 1.82) is 0 Å². The largest absolute Gasteiger partial charge is 0.355 e. The topological polar surface area (TPSA) is 49.0 Å². The molecule has 0 bridgehead atoms. The molecule has 1 atom stereocenters. The molecule has 1 heterocycles. The van der Waals surface area contributed by atoms with Gasteiger partial charge in [-0.2, -0.15) is 0 Å². The Morgan fingerprint density at radius 2 is 2.07 bits per heavy atom. The first kappa shape index (κ1) is 12.0. The molecule has 0 saturated carbocycles. The fourth-order valence-corrected chi connectivity index (χ4v) is 1.50. The van der Waals surface area contributed by atoms with Crippen LogP contribution in [0.15, 0.2) is 11.1 Å². The Balaban J connectivity index is 3.06. The Morgan fingerprint density at radius 3 is 2.60 bits per heavy atom. The number of aromatic nitrogens is 2. The maximum absolute atomic E-state index is 11.3. The van der Waals surface area contributed by atoms with Crippen LogP contribution in [0, 0.1) is 5.92 Å². The Hall–Kier alpha value is -1.03. The van der Waals surface area contributed by atoms with Crippen molar-refractivity contribution in [3.63, 3.8) is 0 Å². The van der Waals surface area contributed by atoms with Crippen LogP contribution in [0.2, 0.25) is 5.02 Å². The Morgan fingerprint density at radius 1 is 1.47 bits per heavy atom. The lowest BCUT2D eigenvalue weighted by Gasteiger charge is -2.29. The normalized spacial score (nSPS) is 12.9. The highest BCUT2D eigenvalue weighted by Gasteiger charge is 2.18. The van der Waals surface area contributed by atoms with Gasteiger partial charge in [0.2, 0.25) is 0 Å². The Kier molecular flexibility index (Phi) is 3.74. The molecule has 1 N–H and O–H groups in total. The summed E-state index contributed by atoms with van der Waals surface area (Å²) in [4.78, 5) is 19.7. The van der Waals surface area contributed by atoms with E-state index in [0.717, 1.165) is 0 Å². The molecule has 1 unspecified atom stereocenters. The predicted molar refractivity (Wildman–Crippen MR) is 62.6 cm³/mol. The van der Waals surface area contributed by atoms with Crippen molar-refractivity contribution in [2.45, 2.75) is 26.8 Å². The average molecular weight is 230 g/mol. The van der Waals surface area contributed by atoms with Crippen LogP contribution < -0.4 is 10.5 Å². The summed E-state index contributed by atoms with van der Waals surface area (Å²) in [5.74, 6) is 0.994. The molecule has 84 valence electrons. The maximum atomic E-state index is 11.3. The molecular formula is C10H16ClN3O. The first-order chi connectivity index (χ1) is 6.95. The fraction of sp³-hybridized carbons (Fsp3) is 0.600. The zero-order chi connectivity index (χ0) is 11.6. The lowest BCUT2D eigenvalue weighted by molar-refractivity contribution is 0.502. The van der Waals surface area contributed by atoms with Gasteiger partial charge in [-0.15, -0.1) is 0 Å². The first-order valence-corrected chi connectivity index (χ1v) is 5.29. The highest BCUT2D eigenvalue weighted by molar-refractivity contribution is 6.32. The summed E-state index contributed by atoms with van der Waals surface area (Å²) in [5.41, 5.74) is -0.301. The van der Waals surface area contributed by atoms with Gasteiger partial charge < -0.3 is 9.88 Å². The van der Waals surface area contributed by atoms with Gasteiger partial charge in [0, 0.05) is 13.1 Å². The van der Waals surface area contributed by atoms with Crippen molar-refractivity contribution in [3.8, 4) is 0 Å². The molecular weight excluding hydrogens is 214 g/mol. The third kappa shape index (κ3) is 2.50. The van der Waals surface area contributed by atoms with Crippen molar-refractivity contribution < 1.29 is 0 Å². The number of rotatable bonds is 3. The van der Waals surface area contributed by atoms with Crippen LogP contribution in [0.5, 0.6) is 0 Å². The van der Waals surface area contributed by atoms with Crippen LogP contribution in [0.1, 0.15) is 20.8 Å². The lowest BCUT2D eigenvalue weighted by Crippen LogP contribution is -2.35. The van der Waals surface area contributed by atoms with Gasteiger partial charge >= 0.3 is 0 Å². The Bertz CT molecular complexity index is 388. The number of anilines is 1. The van der Waals surface area contributed by atoms with Crippen LogP contribution in [0.4, 0.5) is 5.82 Å². The van der Waals surface area contributed by atoms with Crippen molar-refractivity contribution >= 4 is 17.4 Å². The lowest BCUT2D eigenvalue weighted by atomic mass is 10.1. The predicted octanol–water partition coefficient (Wildman–Crippen LogP) is 1.90. The minimum atomic E-state index is -0.301. The molecule has 0 saturated heterocycles. The molecule has 0 radical (unpaired) electrons. The van der Waals surface area contributed by atoms with Crippen LogP contribution in [-0.4, -0.2) is 23.1 Å². The van der Waals surface area contributed by atoms with E-state index >= 15 is 0 Å². The number of aromatic amines is 1. The van der Waals surface area contributed by atoms with Gasteiger partial charge in [-0.1, -0.05) is 25.4 Å². The van der Waals surface area contributed by atoms with Gasteiger partial charge in [0.25, 0.3) is 5.56 Å². The van der Waals surface area contributed by atoms with E-state index in [1.165, 1.54) is 6.33 Å². The van der Waals surface area contributed by atoms with Gasteiger partial charge in [0.15, 0.2) is 5.82 Å². The second-order valence-electron chi connectivity index (χ2n) is 3.96. The van der Waals surface area contributed by atoms with Gasteiger partial charge in [-0.3, -0.25) is 4.79 Å². The van der Waals surface area contributed by atoms with Gasteiger partial charge in [-0.25, -0.2) is 4.98 Å². The molecule has 5 heteroatoms. The van der Waals surface area contributed by atoms with E-state index in [9.17, 15) is 4.79 Å². The molecule has 1 aromatic rings. The highest BCUT2D eigenvalue weighted by atomic mass is 35.5. The number of H-pyrrole nitrogens is 1. The van der Waals surface area contributed by atoms with Crippen LogP contribution in [-0.2, 0) is 0 Å². The maximum Gasteiger partial charge on any atom is 0.271 e. The molecule has 15 heavy (non-hydrogen) atoms. The van der Waals surface area contributed by atoms with E-state index in [1.54, 1.807) is 0 Å². The number of halogens is 1. The van der Waals surface area contributed by atoms with Gasteiger partial charge in [0.05, 0.1) is 6.33 Å². The van der Waals surface area contributed by atoms with E-state index in [-0.39, 0.29) is 16.6 Å². The summed E-state index contributed by atoms with van der Waals surface area (Å²) in [6, 6.07) is 0.275. The third-order valence-corrected chi connectivity index (χ3v) is 3.03. The summed E-state index contributed by atoms with van der Waals surface area (Å²) in [6.07, 6.45) is 1.37. The molecule has 0 aliphatic rings. The van der Waals surface area contributed by atoms with E-state index < -0.39 is 0 Å². The fourth-order valence-electron chi connectivity index (χ4n) is 1.26. The van der Waals surface area contributed by atoms with Crippen LogP contribution in [0.25, 0.3) is 0 Å². The monoisotopic (exact) mass is 229 g/mol. The number of nitrogens with one attached hydrogen (secondary N) is 1. The summed E-state index contributed by atoms with van der Waals surface area (Å²) in [6.45, 7) is 6.30. The molecule has 1 rings (SSSR count). The zero-order valence-electron chi connectivity index (χ0n) is 9.41. The summed E-state index contributed by atoms with van der Waals surface area (Å²) in [7, 11) is 1.89. The molecule has 4 nitrogen and oxygen atoms in total. The van der Waals surface area contributed by atoms with Crippen LogP contribution in [0.3, 0.4) is 0 Å². The highest BCUT2D eigenvalue weighted by Crippen LogP contribution is 2.21. The van der Waals surface area contributed by atoms with E-state index in [0.29, 0.717) is 11.7 Å². The second-order valence-corrected chi connectivity index (χ2v) is 4.34. The SMILES string of the molecule is CC(C)C(C)N(C)c1nc[nH]c(=O)c1Cl. The molecule has 1 aromatic heterocycles. The van der Waals surface area contributed by atoms with Crippen LogP contribution >= 0.6 is 11.6 Å². The van der Waals surface area contributed by atoms with Crippen molar-refractivity contribution in [3.05, 3.63) is 21.7 Å². The van der Waals surface area contributed by atoms with E-state index in [4.69, 9.17) is 11.6 Å². The molecule has 0 aliphatic heterocycles. The summed E-state index contributed by atoms with van der Waals surface area (Å²) in [5, 5.41) is 0.146. The number of hydrogen-bond donors (Lipinski definition) is 1. The molecule has 0 spiro atoms. The summed E-state index contributed by atoms with van der Waals surface area (Å²) < 4.78 is 0. The van der Waals surface area contributed by atoms with Crippen molar-refractivity contribution in [2.75, 3.05) is 11.9 Å². The van der Waals surface area contributed by atoms with Gasteiger partial charge in [-0.05, 0) is 12.8 Å². The first-order valence-electron chi connectivity index (χ1n) is 4.91. The standard InChI is InChI=1S/C10H16ClN3O/c1-6(2)7(3)14(4)9-8(11)10(15)13-5-12-9/h5-7H,1-4H3,(H,12,13,15). The van der Waals surface area contributed by atoms with E-state index in [2.05, 4.69) is 30.7 Å². The molecule has 0 amide bonds. The second kappa shape index (κ2) is 4.66.